The van der Waals surface area contributed by atoms with Crippen molar-refractivity contribution < 1.29 is 38.2 Å². The lowest BCUT2D eigenvalue weighted by molar-refractivity contribution is -0.889. The van der Waals surface area contributed by atoms with E-state index in [4.69, 9.17) is 14.2 Å². The summed E-state index contributed by atoms with van der Waals surface area (Å²) in [4.78, 5) is 36.7. The van der Waals surface area contributed by atoms with Gasteiger partial charge < -0.3 is 28.6 Å². The van der Waals surface area contributed by atoms with Crippen LogP contribution in [-0.4, -0.2) is 75.5 Å². The van der Waals surface area contributed by atoms with Crippen molar-refractivity contribution in [2.45, 2.75) is 193 Å². The van der Waals surface area contributed by atoms with E-state index < -0.39 is 18.1 Å². The van der Waals surface area contributed by atoms with Crippen molar-refractivity contribution in [2.75, 3.05) is 41.0 Å². The predicted octanol–water partition coefficient (Wildman–Crippen LogP) is 10.1. The minimum Gasteiger partial charge on any atom is -0.544 e. The Bertz CT molecular complexity index is 968. The van der Waals surface area contributed by atoms with Crippen molar-refractivity contribution in [2.24, 2.45) is 0 Å². The number of carboxylic acid groups (broad SMARTS) is 1. The number of allylic oxidation sites excluding steroid dienone is 6. The fraction of sp³-hybridized carbons (Fsp3) is 0.800. The molecule has 53 heavy (non-hydrogen) atoms. The van der Waals surface area contributed by atoms with E-state index in [2.05, 4.69) is 50.3 Å². The number of carbonyl (C=O) groups is 3. The van der Waals surface area contributed by atoms with E-state index in [0.717, 1.165) is 57.8 Å². The van der Waals surface area contributed by atoms with E-state index >= 15 is 0 Å². The highest BCUT2D eigenvalue weighted by molar-refractivity contribution is 5.70. The number of hydrogen-bond acceptors (Lipinski definition) is 7. The number of quaternary nitrogens is 1. The minimum absolute atomic E-state index is 0.0418. The van der Waals surface area contributed by atoms with Crippen LogP contribution in [0.3, 0.4) is 0 Å². The molecule has 0 saturated heterocycles. The maximum atomic E-state index is 12.7. The molecule has 8 heteroatoms. The first-order chi connectivity index (χ1) is 25.6. The molecule has 0 aliphatic carbocycles. The number of likely N-dealkylation sites (N-methyl/N-ethyl adjacent to an activating group) is 1. The molecule has 8 nitrogen and oxygen atoms in total. The van der Waals surface area contributed by atoms with Crippen LogP contribution in [0.5, 0.6) is 0 Å². The molecule has 0 aromatic rings. The van der Waals surface area contributed by atoms with Gasteiger partial charge in [0.05, 0.1) is 40.3 Å². The lowest BCUT2D eigenvalue weighted by atomic mass is 10.0. The van der Waals surface area contributed by atoms with Crippen LogP contribution in [0.4, 0.5) is 0 Å². The Morgan fingerprint density at radius 1 is 0.585 bits per heavy atom. The summed E-state index contributed by atoms with van der Waals surface area (Å²) in [5.41, 5.74) is 0. The molecule has 0 saturated carbocycles. The summed E-state index contributed by atoms with van der Waals surface area (Å²) >= 11 is 0. The summed E-state index contributed by atoms with van der Waals surface area (Å²) in [6.45, 7) is 4.52. The third-order valence-electron chi connectivity index (χ3n) is 9.54. The second-order valence-electron chi connectivity index (χ2n) is 15.6. The number of rotatable bonds is 38. The van der Waals surface area contributed by atoms with E-state index in [1.54, 1.807) is 21.1 Å². The van der Waals surface area contributed by atoms with E-state index in [0.29, 0.717) is 12.8 Å². The zero-order valence-electron chi connectivity index (χ0n) is 34.9. The first-order valence-electron chi connectivity index (χ1n) is 21.5. The van der Waals surface area contributed by atoms with Crippen LogP contribution >= 0.6 is 0 Å². The van der Waals surface area contributed by atoms with Gasteiger partial charge in [0.1, 0.15) is 12.6 Å². The number of carbonyl (C=O) groups excluding carboxylic acids is 3. The standard InChI is InChI=1S/C45H81NO7/c1-6-8-10-12-14-16-17-18-19-20-21-22-23-24-25-26-27-28-30-32-34-36-44(48)53-41(39-51-38-37-42(45(49)50)46(3,4)5)40-52-43(47)35-33-31-29-15-13-11-9-7-2/h8,10,14,16,18-19,41-42H,6-7,9,11-13,15,17,20-40H2,1-5H3/b10-8+,16-14+,19-18+. The van der Waals surface area contributed by atoms with Crippen molar-refractivity contribution in [3.8, 4) is 0 Å². The number of esters is 2. The normalized spacial score (nSPS) is 13.3. The molecule has 0 radical (unpaired) electrons. The van der Waals surface area contributed by atoms with Gasteiger partial charge in [0.15, 0.2) is 6.10 Å². The molecule has 0 aliphatic heterocycles. The molecule has 0 bridgehead atoms. The zero-order valence-corrected chi connectivity index (χ0v) is 34.9. The Hall–Kier alpha value is -2.45. The van der Waals surface area contributed by atoms with Crippen LogP contribution < -0.4 is 5.11 Å². The summed E-state index contributed by atoms with van der Waals surface area (Å²) in [6, 6.07) is -0.723. The van der Waals surface area contributed by atoms with Gasteiger partial charge in [-0.3, -0.25) is 9.59 Å². The summed E-state index contributed by atoms with van der Waals surface area (Å²) in [7, 11) is 5.40. The Morgan fingerprint density at radius 3 is 1.57 bits per heavy atom. The molecule has 0 rings (SSSR count). The highest BCUT2D eigenvalue weighted by Crippen LogP contribution is 2.15. The van der Waals surface area contributed by atoms with Gasteiger partial charge in [-0.05, 0) is 44.9 Å². The van der Waals surface area contributed by atoms with Crippen molar-refractivity contribution in [1.29, 1.82) is 0 Å². The molecule has 0 fully saturated rings. The number of ether oxygens (including phenoxy) is 3. The van der Waals surface area contributed by atoms with Gasteiger partial charge in [0.25, 0.3) is 0 Å². The minimum atomic E-state index is -1.13. The Kier molecular flexibility index (Phi) is 34.8. The highest BCUT2D eigenvalue weighted by Gasteiger charge is 2.25. The molecule has 0 aliphatic rings. The maximum Gasteiger partial charge on any atom is 0.306 e. The fourth-order valence-corrected chi connectivity index (χ4v) is 6.20. The highest BCUT2D eigenvalue weighted by atomic mass is 16.6. The van der Waals surface area contributed by atoms with E-state index in [1.807, 2.05) is 0 Å². The van der Waals surface area contributed by atoms with E-state index in [9.17, 15) is 19.5 Å². The summed E-state index contributed by atoms with van der Waals surface area (Å²) < 4.78 is 17.1. The van der Waals surface area contributed by atoms with Gasteiger partial charge >= 0.3 is 11.9 Å². The molecule has 0 amide bonds. The SMILES string of the molecule is CC/C=C/C/C=C/C/C=C/CCCCCCCCCCCCCC(=O)OC(COCCC(C(=O)[O-])[N+](C)(C)C)COC(=O)CCCCCCCCCC. The largest absolute Gasteiger partial charge is 0.544 e. The van der Waals surface area contributed by atoms with E-state index in [-0.39, 0.29) is 42.7 Å². The third-order valence-corrected chi connectivity index (χ3v) is 9.54. The molecule has 0 spiro atoms. The quantitative estimate of drug-likeness (QED) is 0.0268. The van der Waals surface area contributed by atoms with E-state index in [1.165, 1.54) is 89.9 Å². The summed E-state index contributed by atoms with van der Waals surface area (Å²) in [5, 5.41) is 11.6. The molecule has 0 heterocycles. The Morgan fingerprint density at radius 2 is 1.06 bits per heavy atom. The summed E-state index contributed by atoms with van der Waals surface area (Å²) in [6.07, 6.45) is 40.3. The second-order valence-corrected chi connectivity index (χ2v) is 15.6. The van der Waals surface area contributed by atoms with Crippen LogP contribution in [0, 0.1) is 0 Å². The number of hydrogen-bond donors (Lipinski definition) is 0. The van der Waals surface area contributed by atoms with Gasteiger partial charge in [0, 0.05) is 19.3 Å². The van der Waals surface area contributed by atoms with Crippen molar-refractivity contribution >= 4 is 17.9 Å². The third kappa shape index (κ3) is 35.0. The van der Waals surface area contributed by atoms with Crippen molar-refractivity contribution in [3.05, 3.63) is 36.5 Å². The van der Waals surface area contributed by atoms with Crippen LogP contribution in [0.2, 0.25) is 0 Å². The van der Waals surface area contributed by atoms with Gasteiger partial charge in [-0.1, -0.05) is 153 Å². The molecule has 308 valence electrons. The van der Waals surface area contributed by atoms with Crippen LogP contribution in [0.25, 0.3) is 0 Å². The van der Waals surface area contributed by atoms with Crippen LogP contribution in [-0.2, 0) is 28.6 Å². The Labute approximate surface area is 325 Å². The van der Waals surface area contributed by atoms with Crippen molar-refractivity contribution in [1.82, 2.24) is 0 Å². The van der Waals surface area contributed by atoms with Crippen LogP contribution in [0.15, 0.2) is 36.5 Å². The summed E-state index contributed by atoms with van der Waals surface area (Å²) in [5.74, 6) is -1.74. The maximum absolute atomic E-state index is 12.7. The Balaban J connectivity index is 4.22. The lowest BCUT2D eigenvalue weighted by Crippen LogP contribution is -2.55. The van der Waals surface area contributed by atoms with Gasteiger partial charge in [0.2, 0.25) is 0 Å². The second kappa shape index (κ2) is 36.5. The van der Waals surface area contributed by atoms with Gasteiger partial charge in [-0.25, -0.2) is 0 Å². The van der Waals surface area contributed by atoms with Crippen molar-refractivity contribution in [3.63, 3.8) is 0 Å². The lowest BCUT2D eigenvalue weighted by Gasteiger charge is -2.34. The fourth-order valence-electron chi connectivity index (χ4n) is 6.20. The molecule has 2 atom stereocenters. The topological polar surface area (TPSA) is 102 Å². The average molecular weight is 748 g/mol. The predicted molar refractivity (Wildman–Crippen MR) is 217 cm³/mol. The van der Waals surface area contributed by atoms with Gasteiger partial charge in [-0.15, -0.1) is 0 Å². The molecule has 0 aromatic heterocycles. The first kappa shape index (κ1) is 50.5. The number of aliphatic carboxylic acids is 1. The molecular weight excluding hydrogens is 666 g/mol. The molecule has 0 aromatic carbocycles. The first-order valence-corrected chi connectivity index (χ1v) is 21.5. The zero-order chi connectivity index (χ0) is 39.3. The molecular formula is C45H81NO7. The monoisotopic (exact) mass is 748 g/mol. The smallest absolute Gasteiger partial charge is 0.306 e. The number of nitrogens with zero attached hydrogens (tertiary/aromatic N) is 1. The van der Waals surface area contributed by atoms with Crippen LogP contribution in [0.1, 0.15) is 181 Å². The average Bonchev–Trinajstić information content (AvgIpc) is 3.11. The number of carboxylic acids is 1. The van der Waals surface area contributed by atoms with Gasteiger partial charge in [-0.2, -0.15) is 0 Å². The molecule has 0 N–H and O–H groups in total. The number of unbranched alkanes of at least 4 members (excludes halogenated alkanes) is 18. The molecule has 2 unspecified atom stereocenters.